The summed E-state index contributed by atoms with van der Waals surface area (Å²) in [5.41, 5.74) is 0. The zero-order valence-corrected chi connectivity index (χ0v) is 12.8. The van der Waals surface area contributed by atoms with E-state index in [1.807, 2.05) is 0 Å². The average molecular weight is 277 g/mol. The first kappa shape index (κ1) is 17.8. The van der Waals surface area contributed by atoms with Gasteiger partial charge in [-0.25, -0.2) is 0 Å². The zero-order chi connectivity index (χ0) is 13.6. The van der Waals surface area contributed by atoms with Crippen LogP contribution in [0.3, 0.4) is 0 Å². The topological polar surface area (TPSA) is 26.3 Å². The van der Waals surface area contributed by atoms with Crippen molar-refractivity contribution < 1.29 is 9.53 Å². The van der Waals surface area contributed by atoms with Gasteiger partial charge in [-0.15, -0.1) is 11.6 Å². The van der Waals surface area contributed by atoms with Gasteiger partial charge in [0.1, 0.15) is 0 Å². The van der Waals surface area contributed by atoms with Crippen molar-refractivity contribution in [3.05, 3.63) is 0 Å². The third kappa shape index (κ3) is 12.2. The average Bonchev–Trinajstić information content (AvgIpc) is 2.38. The van der Waals surface area contributed by atoms with E-state index >= 15 is 0 Å². The highest BCUT2D eigenvalue weighted by atomic mass is 35.5. The molecule has 0 N–H and O–H groups in total. The molecule has 3 heteroatoms. The molecule has 0 aliphatic heterocycles. The van der Waals surface area contributed by atoms with Gasteiger partial charge in [0, 0.05) is 11.8 Å². The molecule has 1 atom stereocenters. The normalized spacial score (nSPS) is 12.4. The number of ether oxygens (including phenoxy) is 1. The van der Waals surface area contributed by atoms with Crippen molar-refractivity contribution in [2.24, 2.45) is 0 Å². The molecule has 0 saturated carbocycles. The van der Waals surface area contributed by atoms with E-state index in [1.165, 1.54) is 45.6 Å². The summed E-state index contributed by atoms with van der Waals surface area (Å²) in [5.74, 6) is -0.0962. The minimum absolute atomic E-state index is 0.0962. The molecular formula is C15H29ClO2. The highest BCUT2D eigenvalue weighted by Gasteiger charge is 2.04. The second kappa shape index (κ2) is 13.2. The van der Waals surface area contributed by atoms with Crippen molar-refractivity contribution >= 4 is 17.6 Å². The number of esters is 1. The van der Waals surface area contributed by atoms with E-state index in [4.69, 9.17) is 11.6 Å². The van der Waals surface area contributed by atoms with Crippen LogP contribution in [0.1, 0.15) is 77.6 Å². The van der Waals surface area contributed by atoms with Crippen LogP contribution >= 0.6 is 11.6 Å². The molecule has 0 spiro atoms. The molecule has 0 aromatic heterocycles. The van der Waals surface area contributed by atoms with Gasteiger partial charge in [0.15, 0.2) is 0 Å². The maximum Gasteiger partial charge on any atom is 0.305 e. The number of methoxy groups -OCH3 is 1. The van der Waals surface area contributed by atoms with Crippen molar-refractivity contribution in [2.45, 2.75) is 82.9 Å². The second-order valence-electron chi connectivity index (χ2n) is 4.98. The van der Waals surface area contributed by atoms with Gasteiger partial charge in [-0.3, -0.25) is 4.79 Å². The van der Waals surface area contributed by atoms with Gasteiger partial charge < -0.3 is 4.74 Å². The van der Waals surface area contributed by atoms with E-state index in [9.17, 15) is 4.79 Å². The van der Waals surface area contributed by atoms with E-state index in [0.717, 1.165) is 25.7 Å². The molecule has 0 bridgehead atoms. The molecule has 0 rings (SSSR count). The minimum Gasteiger partial charge on any atom is -0.469 e. The summed E-state index contributed by atoms with van der Waals surface area (Å²) in [6.45, 7) is 2.23. The maximum absolute atomic E-state index is 10.9. The number of unbranched alkanes of at least 4 members (excludes halogenated alkanes) is 6. The summed E-state index contributed by atoms with van der Waals surface area (Å²) < 4.78 is 4.60. The lowest BCUT2D eigenvalue weighted by atomic mass is 10.0. The predicted molar refractivity (Wildman–Crippen MR) is 78.1 cm³/mol. The molecule has 0 amide bonds. The van der Waals surface area contributed by atoms with Crippen LogP contribution in [0.5, 0.6) is 0 Å². The lowest BCUT2D eigenvalue weighted by Gasteiger charge is -2.08. The lowest BCUT2D eigenvalue weighted by Crippen LogP contribution is -2.00. The van der Waals surface area contributed by atoms with Gasteiger partial charge in [-0.05, 0) is 19.3 Å². The molecule has 0 radical (unpaired) electrons. The molecule has 0 aliphatic carbocycles. The molecule has 0 heterocycles. The molecule has 1 unspecified atom stereocenters. The number of carbonyl (C=O) groups excluding carboxylic acids is 1. The fourth-order valence-corrected chi connectivity index (χ4v) is 2.34. The Morgan fingerprint density at radius 3 is 2.11 bits per heavy atom. The van der Waals surface area contributed by atoms with Crippen LogP contribution < -0.4 is 0 Å². The van der Waals surface area contributed by atoms with Crippen LogP contribution in [-0.2, 0) is 9.53 Å². The molecule has 0 saturated heterocycles. The van der Waals surface area contributed by atoms with Crippen molar-refractivity contribution in [2.75, 3.05) is 7.11 Å². The van der Waals surface area contributed by atoms with Crippen LogP contribution in [0.4, 0.5) is 0 Å². The summed E-state index contributed by atoms with van der Waals surface area (Å²) in [5, 5.41) is 0.350. The third-order valence-electron chi connectivity index (χ3n) is 3.25. The summed E-state index contributed by atoms with van der Waals surface area (Å²) >= 11 is 6.27. The molecular weight excluding hydrogens is 248 g/mol. The van der Waals surface area contributed by atoms with Gasteiger partial charge in [-0.2, -0.15) is 0 Å². The monoisotopic (exact) mass is 276 g/mol. The zero-order valence-electron chi connectivity index (χ0n) is 12.0. The first-order valence-electron chi connectivity index (χ1n) is 7.41. The van der Waals surface area contributed by atoms with Crippen LogP contribution in [0, 0.1) is 0 Å². The third-order valence-corrected chi connectivity index (χ3v) is 3.68. The number of halogens is 1. The highest BCUT2D eigenvalue weighted by Crippen LogP contribution is 2.17. The largest absolute Gasteiger partial charge is 0.469 e. The smallest absolute Gasteiger partial charge is 0.305 e. The van der Waals surface area contributed by atoms with Gasteiger partial charge >= 0.3 is 5.97 Å². The SMILES string of the molecule is CCCCCCC(Cl)CCCCCCC(=O)OC. The van der Waals surface area contributed by atoms with Gasteiger partial charge in [0.2, 0.25) is 0 Å². The van der Waals surface area contributed by atoms with E-state index in [1.54, 1.807) is 0 Å². The van der Waals surface area contributed by atoms with Crippen LogP contribution in [0.2, 0.25) is 0 Å². The molecule has 0 aromatic carbocycles. The Labute approximate surface area is 117 Å². The molecule has 2 nitrogen and oxygen atoms in total. The van der Waals surface area contributed by atoms with Crippen LogP contribution in [0.15, 0.2) is 0 Å². The number of hydrogen-bond acceptors (Lipinski definition) is 2. The molecule has 0 fully saturated rings. The van der Waals surface area contributed by atoms with Gasteiger partial charge in [0.25, 0.3) is 0 Å². The van der Waals surface area contributed by atoms with E-state index in [2.05, 4.69) is 11.7 Å². The van der Waals surface area contributed by atoms with E-state index in [0.29, 0.717) is 11.8 Å². The Bertz CT molecular complexity index is 195. The number of alkyl halides is 1. The standard InChI is InChI=1S/C15H29ClO2/c1-3-4-5-8-11-14(16)12-9-6-7-10-13-15(17)18-2/h14H,3-13H2,1-2H3. The summed E-state index contributed by atoms with van der Waals surface area (Å²) in [7, 11) is 1.44. The second-order valence-corrected chi connectivity index (χ2v) is 5.59. The molecule has 18 heavy (non-hydrogen) atoms. The Kier molecular flexibility index (Phi) is 13.0. The summed E-state index contributed by atoms with van der Waals surface area (Å²) in [6, 6.07) is 0. The van der Waals surface area contributed by atoms with Crippen molar-refractivity contribution in [1.29, 1.82) is 0 Å². The van der Waals surface area contributed by atoms with Crippen molar-refractivity contribution in [1.82, 2.24) is 0 Å². The first-order chi connectivity index (χ1) is 8.70. The summed E-state index contributed by atoms with van der Waals surface area (Å²) in [6.07, 6.45) is 12.4. The Balaban J connectivity index is 3.19. The van der Waals surface area contributed by atoms with Gasteiger partial charge in [0.05, 0.1) is 7.11 Å². The van der Waals surface area contributed by atoms with E-state index in [-0.39, 0.29) is 5.97 Å². The van der Waals surface area contributed by atoms with Crippen LogP contribution in [-0.4, -0.2) is 18.5 Å². The lowest BCUT2D eigenvalue weighted by molar-refractivity contribution is -0.140. The molecule has 108 valence electrons. The Hall–Kier alpha value is -0.240. The molecule has 0 aromatic rings. The Morgan fingerprint density at radius 1 is 1.00 bits per heavy atom. The highest BCUT2D eigenvalue weighted by molar-refractivity contribution is 6.20. The molecule has 0 aliphatic rings. The quantitative estimate of drug-likeness (QED) is 0.282. The number of hydrogen-bond donors (Lipinski definition) is 0. The maximum atomic E-state index is 10.9. The fourth-order valence-electron chi connectivity index (χ4n) is 2.03. The Morgan fingerprint density at radius 2 is 1.56 bits per heavy atom. The predicted octanol–water partition coefficient (Wildman–Crippen LogP) is 5.08. The number of rotatable bonds is 12. The van der Waals surface area contributed by atoms with E-state index < -0.39 is 0 Å². The summed E-state index contributed by atoms with van der Waals surface area (Å²) in [4.78, 5) is 10.9. The number of carbonyl (C=O) groups is 1. The van der Waals surface area contributed by atoms with Gasteiger partial charge in [-0.1, -0.05) is 51.9 Å². The first-order valence-corrected chi connectivity index (χ1v) is 7.85. The van der Waals surface area contributed by atoms with Crippen molar-refractivity contribution in [3.63, 3.8) is 0 Å². The van der Waals surface area contributed by atoms with Crippen molar-refractivity contribution in [3.8, 4) is 0 Å². The minimum atomic E-state index is -0.0962. The van der Waals surface area contributed by atoms with Crippen LogP contribution in [0.25, 0.3) is 0 Å². The fraction of sp³-hybridized carbons (Fsp3) is 0.933.